The summed E-state index contributed by atoms with van der Waals surface area (Å²) in [6.07, 6.45) is -0.359. The zero-order valence-electron chi connectivity index (χ0n) is 13.5. The molecule has 0 saturated carbocycles. The number of hydrogen-bond acceptors (Lipinski definition) is 3. The molecule has 1 heterocycles. The summed E-state index contributed by atoms with van der Waals surface area (Å²) in [4.78, 5) is 36.4. The van der Waals surface area contributed by atoms with Gasteiger partial charge in [0.2, 0.25) is 11.8 Å². The predicted octanol–water partition coefficient (Wildman–Crippen LogP) is 1.72. The molecule has 0 saturated heterocycles. The highest BCUT2D eigenvalue weighted by Gasteiger charge is 2.29. The lowest BCUT2D eigenvalue weighted by molar-refractivity contribution is -0.125. The molecule has 3 rings (SSSR count). The Bertz CT molecular complexity index is 865. The van der Waals surface area contributed by atoms with Gasteiger partial charge in [-0.3, -0.25) is 14.4 Å². The molecule has 0 radical (unpaired) electrons. The van der Waals surface area contributed by atoms with Gasteiger partial charge in [-0.05, 0) is 24.3 Å². The number of carbonyl (C=O) groups excluding carboxylic acids is 3. The fourth-order valence-corrected chi connectivity index (χ4v) is 2.60. The van der Waals surface area contributed by atoms with Gasteiger partial charge >= 0.3 is 0 Å². The zero-order valence-corrected chi connectivity index (χ0v) is 13.5. The van der Waals surface area contributed by atoms with E-state index in [1.807, 2.05) is 0 Å². The molecule has 3 amide bonds. The van der Waals surface area contributed by atoms with Crippen LogP contribution in [0.2, 0.25) is 0 Å². The first-order valence-electron chi connectivity index (χ1n) is 7.86. The Morgan fingerprint density at radius 3 is 2.46 bits per heavy atom. The van der Waals surface area contributed by atoms with Crippen LogP contribution in [0.15, 0.2) is 42.5 Å². The molecule has 1 aliphatic heterocycles. The Balaban J connectivity index is 1.64. The topological polar surface area (TPSA) is 87.3 Å². The number of halogens is 2. The Morgan fingerprint density at radius 2 is 1.73 bits per heavy atom. The van der Waals surface area contributed by atoms with Crippen LogP contribution in [-0.4, -0.2) is 23.8 Å². The maximum absolute atomic E-state index is 13.6. The van der Waals surface area contributed by atoms with Crippen molar-refractivity contribution in [1.82, 2.24) is 10.6 Å². The molecule has 0 unspecified atom stereocenters. The minimum atomic E-state index is -1.10. The summed E-state index contributed by atoms with van der Waals surface area (Å²) in [5.74, 6) is -3.21. The third kappa shape index (κ3) is 3.69. The van der Waals surface area contributed by atoms with Gasteiger partial charge in [0.05, 0.1) is 17.7 Å². The van der Waals surface area contributed by atoms with Crippen molar-refractivity contribution in [2.45, 2.75) is 19.0 Å². The number of nitrogens with one attached hydrogen (secondary N) is 3. The summed E-state index contributed by atoms with van der Waals surface area (Å²) < 4.78 is 27.1. The number of anilines is 1. The molecule has 0 spiro atoms. The summed E-state index contributed by atoms with van der Waals surface area (Å²) in [5.41, 5.74) is 0.367. The number of amides is 3. The van der Waals surface area contributed by atoms with Gasteiger partial charge in [0.1, 0.15) is 17.7 Å². The molecule has 1 aliphatic rings. The molecule has 0 aromatic heterocycles. The Hall–Kier alpha value is -3.29. The van der Waals surface area contributed by atoms with Crippen molar-refractivity contribution >= 4 is 23.4 Å². The average molecular weight is 359 g/mol. The molecular weight excluding hydrogens is 344 g/mol. The number of carbonyl (C=O) groups is 3. The van der Waals surface area contributed by atoms with E-state index in [2.05, 4.69) is 16.0 Å². The SMILES string of the molecule is O=C(C[C@H]1NC(=O)c2ccccc2NC1=O)NCc1c(F)cccc1F. The van der Waals surface area contributed by atoms with E-state index in [9.17, 15) is 23.2 Å². The summed E-state index contributed by atoms with van der Waals surface area (Å²) >= 11 is 0. The lowest BCUT2D eigenvalue weighted by Gasteiger charge is -2.14. The zero-order chi connectivity index (χ0) is 18.7. The molecule has 134 valence electrons. The highest BCUT2D eigenvalue weighted by atomic mass is 19.1. The summed E-state index contributed by atoms with van der Waals surface area (Å²) in [6, 6.07) is 8.74. The average Bonchev–Trinajstić information content (AvgIpc) is 2.71. The smallest absolute Gasteiger partial charge is 0.254 e. The van der Waals surface area contributed by atoms with Crippen molar-refractivity contribution in [3.63, 3.8) is 0 Å². The van der Waals surface area contributed by atoms with Crippen LogP contribution in [0.25, 0.3) is 0 Å². The van der Waals surface area contributed by atoms with Gasteiger partial charge < -0.3 is 16.0 Å². The lowest BCUT2D eigenvalue weighted by atomic mass is 10.1. The second kappa shape index (κ2) is 7.30. The van der Waals surface area contributed by atoms with Gasteiger partial charge in [0.15, 0.2) is 0 Å². The molecule has 6 nitrogen and oxygen atoms in total. The van der Waals surface area contributed by atoms with Crippen molar-refractivity contribution in [2.75, 3.05) is 5.32 Å². The van der Waals surface area contributed by atoms with E-state index in [4.69, 9.17) is 0 Å². The van der Waals surface area contributed by atoms with Gasteiger partial charge in [0.25, 0.3) is 5.91 Å². The molecule has 8 heteroatoms. The standard InChI is InChI=1S/C18H15F2N3O3/c19-12-5-3-6-13(20)11(12)9-21-16(24)8-15-18(26)22-14-7-2-1-4-10(14)17(25)23-15/h1-7,15H,8-9H2,(H,21,24)(H,22,26)(H,23,25)/t15-/m1/s1. The third-order valence-corrected chi connectivity index (χ3v) is 3.96. The van der Waals surface area contributed by atoms with Gasteiger partial charge in [-0.15, -0.1) is 0 Å². The molecule has 0 fully saturated rings. The first kappa shape index (κ1) is 17.5. The minimum Gasteiger partial charge on any atom is -0.352 e. The molecule has 2 aromatic carbocycles. The van der Waals surface area contributed by atoms with E-state index < -0.39 is 35.4 Å². The molecule has 1 atom stereocenters. The largest absolute Gasteiger partial charge is 0.352 e. The molecule has 2 aromatic rings. The van der Waals surface area contributed by atoms with Crippen LogP contribution in [0.4, 0.5) is 14.5 Å². The Morgan fingerprint density at radius 1 is 1.04 bits per heavy atom. The molecule has 3 N–H and O–H groups in total. The lowest BCUT2D eigenvalue weighted by Crippen LogP contribution is -2.44. The van der Waals surface area contributed by atoms with Crippen LogP contribution in [-0.2, 0) is 16.1 Å². The van der Waals surface area contributed by atoms with E-state index >= 15 is 0 Å². The molecule has 26 heavy (non-hydrogen) atoms. The predicted molar refractivity (Wildman–Crippen MR) is 89.1 cm³/mol. The highest BCUT2D eigenvalue weighted by Crippen LogP contribution is 2.19. The summed E-state index contributed by atoms with van der Waals surface area (Å²) in [6.45, 7) is -0.361. The Labute approximate surface area is 147 Å². The molecule has 0 aliphatic carbocycles. The number of hydrogen-bond donors (Lipinski definition) is 3. The first-order chi connectivity index (χ1) is 12.5. The van der Waals surface area contributed by atoms with Crippen LogP contribution in [0.3, 0.4) is 0 Å². The number of benzene rings is 2. The number of fused-ring (bicyclic) bond motifs is 1. The van der Waals surface area contributed by atoms with Crippen LogP contribution in [0, 0.1) is 11.6 Å². The first-order valence-corrected chi connectivity index (χ1v) is 7.86. The fourth-order valence-electron chi connectivity index (χ4n) is 2.60. The van der Waals surface area contributed by atoms with Crippen molar-refractivity contribution in [1.29, 1.82) is 0 Å². The van der Waals surface area contributed by atoms with Gasteiger partial charge in [-0.25, -0.2) is 8.78 Å². The van der Waals surface area contributed by atoms with E-state index in [-0.39, 0.29) is 24.1 Å². The van der Waals surface area contributed by atoms with E-state index in [0.717, 1.165) is 12.1 Å². The summed E-state index contributed by atoms with van der Waals surface area (Å²) in [7, 11) is 0. The van der Waals surface area contributed by atoms with Crippen LogP contribution >= 0.6 is 0 Å². The van der Waals surface area contributed by atoms with Crippen molar-refractivity contribution in [3.05, 3.63) is 65.2 Å². The quantitative estimate of drug-likeness (QED) is 0.777. The fraction of sp³-hybridized carbons (Fsp3) is 0.167. The van der Waals surface area contributed by atoms with Crippen molar-refractivity contribution < 1.29 is 23.2 Å². The monoisotopic (exact) mass is 359 g/mol. The van der Waals surface area contributed by atoms with E-state index in [1.165, 1.54) is 6.07 Å². The summed E-state index contributed by atoms with van der Waals surface area (Å²) in [5, 5.41) is 7.41. The van der Waals surface area contributed by atoms with Crippen molar-refractivity contribution in [3.8, 4) is 0 Å². The normalized spacial score (nSPS) is 16.2. The van der Waals surface area contributed by atoms with Gasteiger partial charge in [-0.2, -0.15) is 0 Å². The maximum atomic E-state index is 13.6. The van der Waals surface area contributed by atoms with Crippen molar-refractivity contribution in [2.24, 2.45) is 0 Å². The number of para-hydroxylation sites is 1. The van der Waals surface area contributed by atoms with Crippen LogP contribution < -0.4 is 16.0 Å². The van der Waals surface area contributed by atoms with Crippen LogP contribution in [0.5, 0.6) is 0 Å². The van der Waals surface area contributed by atoms with E-state index in [0.29, 0.717) is 5.69 Å². The second-order valence-electron chi connectivity index (χ2n) is 5.74. The number of rotatable bonds is 4. The maximum Gasteiger partial charge on any atom is 0.254 e. The highest BCUT2D eigenvalue weighted by molar-refractivity contribution is 6.10. The van der Waals surface area contributed by atoms with E-state index in [1.54, 1.807) is 24.3 Å². The minimum absolute atomic E-state index is 0.275. The Kier molecular flexibility index (Phi) is 4.92. The molecule has 0 bridgehead atoms. The van der Waals surface area contributed by atoms with Gasteiger partial charge in [0, 0.05) is 12.1 Å². The second-order valence-corrected chi connectivity index (χ2v) is 5.74. The third-order valence-electron chi connectivity index (χ3n) is 3.96. The van der Waals surface area contributed by atoms with Crippen LogP contribution in [0.1, 0.15) is 22.3 Å². The van der Waals surface area contributed by atoms with Gasteiger partial charge in [-0.1, -0.05) is 18.2 Å². The molecular formula is C18H15F2N3O3.